The number of benzene rings is 1. The fourth-order valence-corrected chi connectivity index (χ4v) is 1.37. The fourth-order valence-electron chi connectivity index (χ4n) is 1.37. The van der Waals surface area contributed by atoms with Gasteiger partial charge in [-0.15, -0.1) is 0 Å². The van der Waals surface area contributed by atoms with Crippen LogP contribution in [0.2, 0.25) is 0 Å². The molecule has 0 fully saturated rings. The Balaban J connectivity index is 2.08. The van der Waals surface area contributed by atoms with E-state index in [9.17, 15) is 0 Å². The third-order valence-corrected chi connectivity index (χ3v) is 2.39. The lowest BCUT2D eigenvalue weighted by Gasteiger charge is -2.10. The maximum atomic E-state index is 5.52. The third-order valence-electron chi connectivity index (χ3n) is 2.39. The first kappa shape index (κ1) is 10.1. The number of hydrogen-bond acceptors (Lipinski definition) is 4. The van der Waals surface area contributed by atoms with Gasteiger partial charge in [0.1, 0.15) is 11.0 Å². The number of nitrogens with zero attached hydrogens (tertiary/aromatic N) is 2. The molecule has 0 aliphatic rings. The van der Waals surface area contributed by atoms with E-state index < -0.39 is 0 Å². The van der Waals surface area contributed by atoms with Gasteiger partial charge in [0, 0.05) is 19.1 Å². The van der Waals surface area contributed by atoms with Gasteiger partial charge in [-0.3, -0.25) is 0 Å². The largest absolute Gasteiger partial charge is 0.329 e. The highest BCUT2D eigenvalue weighted by Crippen LogP contribution is 2.10. The summed E-state index contributed by atoms with van der Waals surface area (Å²) in [6.45, 7) is 3.52. The summed E-state index contributed by atoms with van der Waals surface area (Å²) >= 11 is 0. The predicted molar refractivity (Wildman–Crippen MR) is 59.2 cm³/mol. The summed E-state index contributed by atoms with van der Waals surface area (Å²) in [7, 11) is 0. The van der Waals surface area contributed by atoms with Gasteiger partial charge >= 0.3 is 0 Å². The minimum absolute atomic E-state index is 0.331. The van der Waals surface area contributed by atoms with E-state index >= 15 is 0 Å². The van der Waals surface area contributed by atoms with Crippen molar-refractivity contribution in [2.24, 2.45) is 5.73 Å². The van der Waals surface area contributed by atoms with Crippen molar-refractivity contribution in [1.29, 1.82) is 0 Å². The number of fused-ring (bicyclic) bond motifs is 1. The van der Waals surface area contributed by atoms with Gasteiger partial charge in [-0.25, -0.2) is 0 Å². The molecule has 0 saturated heterocycles. The van der Waals surface area contributed by atoms with Crippen molar-refractivity contribution in [3.05, 3.63) is 23.8 Å². The highest BCUT2D eigenvalue weighted by Gasteiger charge is 2.01. The molecule has 0 aliphatic carbocycles. The first-order chi connectivity index (χ1) is 7.29. The summed E-state index contributed by atoms with van der Waals surface area (Å²) < 4.78 is 0. The zero-order valence-electron chi connectivity index (χ0n) is 8.70. The molecule has 1 atom stereocenters. The van der Waals surface area contributed by atoms with Crippen molar-refractivity contribution >= 4 is 11.0 Å². The molecule has 4 N–H and O–H groups in total. The van der Waals surface area contributed by atoms with E-state index in [1.807, 2.05) is 18.2 Å². The Kier molecular flexibility index (Phi) is 2.94. The van der Waals surface area contributed by atoms with E-state index in [1.54, 1.807) is 0 Å². The van der Waals surface area contributed by atoms with Gasteiger partial charge in [0.2, 0.25) is 0 Å². The molecule has 0 amide bonds. The summed E-state index contributed by atoms with van der Waals surface area (Å²) in [5, 5.41) is 14.0. The Morgan fingerprint density at radius 3 is 3.00 bits per heavy atom. The summed E-state index contributed by atoms with van der Waals surface area (Å²) in [6.07, 6.45) is 0. The molecule has 15 heavy (non-hydrogen) atoms. The van der Waals surface area contributed by atoms with Crippen LogP contribution in [0, 0.1) is 0 Å². The SMILES string of the molecule is CC(CN)NCc1ccc2n[nH]nc2c1. The van der Waals surface area contributed by atoms with E-state index in [1.165, 1.54) is 5.56 Å². The molecular formula is C10H15N5. The van der Waals surface area contributed by atoms with Crippen LogP contribution in [0.1, 0.15) is 12.5 Å². The number of rotatable bonds is 4. The molecule has 0 spiro atoms. The van der Waals surface area contributed by atoms with Crippen molar-refractivity contribution in [3.8, 4) is 0 Å². The minimum Gasteiger partial charge on any atom is -0.329 e. The van der Waals surface area contributed by atoms with E-state index in [0.29, 0.717) is 12.6 Å². The Bertz CT molecular complexity index is 436. The maximum Gasteiger partial charge on any atom is 0.113 e. The Labute approximate surface area is 88.0 Å². The quantitative estimate of drug-likeness (QED) is 0.674. The number of aromatic nitrogens is 3. The van der Waals surface area contributed by atoms with Gasteiger partial charge in [0.25, 0.3) is 0 Å². The molecule has 1 aromatic carbocycles. The molecule has 0 radical (unpaired) electrons. The lowest BCUT2D eigenvalue weighted by molar-refractivity contribution is 0.556. The van der Waals surface area contributed by atoms with Gasteiger partial charge in [0.15, 0.2) is 0 Å². The molecule has 1 unspecified atom stereocenters. The molecular weight excluding hydrogens is 190 g/mol. The van der Waals surface area contributed by atoms with E-state index in [-0.39, 0.29) is 0 Å². The van der Waals surface area contributed by atoms with E-state index in [2.05, 4.69) is 27.7 Å². The number of hydrogen-bond donors (Lipinski definition) is 3. The van der Waals surface area contributed by atoms with Gasteiger partial charge < -0.3 is 11.1 Å². The molecule has 0 aliphatic heterocycles. The van der Waals surface area contributed by atoms with Gasteiger partial charge in [-0.2, -0.15) is 15.4 Å². The summed E-state index contributed by atoms with van der Waals surface area (Å²) in [5.41, 5.74) is 8.50. The Morgan fingerprint density at radius 1 is 1.40 bits per heavy atom. The van der Waals surface area contributed by atoms with E-state index in [0.717, 1.165) is 17.6 Å². The van der Waals surface area contributed by atoms with Crippen LogP contribution in [-0.2, 0) is 6.54 Å². The zero-order chi connectivity index (χ0) is 10.7. The Hall–Kier alpha value is -1.46. The maximum absolute atomic E-state index is 5.52. The molecule has 2 rings (SSSR count). The van der Waals surface area contributed by atoms with Crippen molar-refractivity contribution in [3.63, 3.8) is 0 Å². The number of nitrogens with two attached hydrogens (primary N) is 1. The van der Waals surface area contributed by atoms with Crippen LogP contribution in [0.25, 0.3) is 11.0 Å². The number of aromatic amines is 1. The van der Waals surface area contributed by atoms with Crippen molar-refractivity contribution in [2.45, 2.75) is 19.5 Å². The van der Waals surface area contributed by atoms with Crippen molar-refractivity contribution in [2.75, 3.05) is 6.54 Å². The molecule has 5 heteroatoms. The molecule has 1 aromatic heterocycles. The first-order valence-corrected chi connectivity index (χ1v) is 5.02. The highest BCUT2D eigenvalue weighted by molar-refractivity contribution is 5.74. The minimum atomic E-state index is 0.331. The first-order valence-electron chi connectivity index (χ1n) is 5.02. The van der Waals surface area contributed by atoms with Crippen LogP contribution in [0.4, 0.5) is 0 Å². The van der Waals surface area contributed by atoms with Crippen molar-refractivity contribution in [1.82, 2.24) is 20.7 Å². The molecule has 1 heterocycles. The van der Waals surface area contributed by atoms with Crippen LogP contribution in [0.5, 0.6) is 0 Å². The van der Waals surface area contributed by atoms with Crippen LogP contribution in [0.15, 0.2) is 18.2 Å². The third kappa shape index (κ3) is 2.31. The average molecular weight is 205 g/mol. The second kappa shape index (κ2) is 4.37. The summed E-state index contributed by atoms with van der Waals surface area (Å²) in [4.78, 5) is 0. The van der Waals surface area contributed by atoms with Crippen LogP contribution >= 0.6 is 0 Å². The molecule has 5 nitrogen and oxygen atoms in total. The fraction of sp³-hybridized carbons (Fsp3) is 0.400. The lowest BCUT2D eigenvalue weighted by Crippen LogP contribution is -2.32. The average Bonchev–Trinajstić information content (AvgIpc) is 2.72. The molecule has 0 saturated carbocycles. The summed E-state index contributed by atoms with van der Waals surface area (Å²) in [5.74, 6) is 0. The molecule has 2 aromatic rings. The highest BCUT2D eigenvalue weighted by atomic mass is 15.3. The topological polar surface area (TPSA) is 79.6 Å². The van der Waals surface area contributed by atoms with Crippen LogP contribution < -0.4 is 11.1 Å². The number of H-pyrrole nitrogens is 1. The van der Waals surface area contributed by atoms with Crippen LogP contribution in [-0.4, -0.2) is 28.0 Å². The Morgan fingerprint density at radius 2 is 2.20 bits per heavy atom. The molecule has 0 bridgehead atoms. The van der Waals surface area contributed by atoms with E-state index in [4.69, 9.17) is 5.73 Å². The van der Waals surface area contributed by atoms with Gasteiger partial charge in [-0.05, 0) is 24.6 Å². The summed E-state index contributed by atoms with van der Waals surface area (Å²) in [6, 6.07) is 6.36. The zero-order valence-corrected chi connectivity index (χ0v) is 8.70. The van der Waals surface area contributed by atoms with Gasteiger partial charge in [0.05, 0.1) is 0 Å². The monoisotopic (exact) mass is 205 g/mol. The standard InChI is InChI=1S/C10H15N5/c1-7(5-11)12-6-8-2-3-9-10(4-8)14-15-13-9/h2-4,7,12H,5-6,11H2,1H3,(H,13,14,15). The molecule has 80 valence electrons. The van der Waals surface area contributed by atoms with Crippen LogP contribution in [0.3, 0.4) is 0 Å². The second-order valence-electron chi connectivity index (χ2n) is 3.66. The normalized spacial score (nSPS) is 13.2. The number of nitrogens with one attached hydrogen (secondary N) is 2. The van der Waals surface area contributed by atoms with Gasteiger partial charge in [-0.1, -0.05) is 6.07 Å². The smallest absolute Gasteiger partial charge is 0.113 e. The second-order valence-corrected chi connectivity index (χ2v) is 3.66. The lowest BCUT2D eigenvalue weighted by atomic mass is 10.2. The predicted octanol–water partition coefficient (Wildman–Crippen LogP) is 0.395. The van der Waals surface area contributed by atoms with Crippen molar-refractivity contribution < 1.29 is 0 Å².